The number of benzene rings is 2. The molecule has 18 heavy (non-hydrogen) atoms. The van der Waals surface area contributed by atoms with E-state index >= 15 is 0 Å². The number of phenols is 1. The van der Waals surface area contributed by atoms with Crippen LogP contribution in [0.3, 0.4) is 0 Å². The van der Waals surface area contributed by atoms with E-state index in [2.05, 4.69) is 4.99 Å². The van der Waals surface area contributed by atoms with E-state index in [1.165, 1.54) is 0 Å². The molecular formula is C14H12ClNO2. The molecule has 0 saturated carbocycles. The van der Waals surface area contributed by atoms with E-state index in [1.54, 1.807) is 49.7 Å². The Bertz CT molecular complexity index is 582. The van der Waals surface area contributed by atoms with Gasteiger partial charge in [0.1, 0.15) is 11.5 Å². The van der Waals surface area contributed by atoms with Gasteiger partial charge in [0.25, 0.3) is 0 Å². The smallest absolute Gasteiger partial charge is 0.137 e. The van der Waals surface area contributed by atoms with Crippen molar-refractivity contribution in [2.45, 2.75) is 0 Å². The van der Waals surface area contributed by atoms with Crippen molar-refractivity contribution in [1.29, 1.82) is 0 Å². The van der Waals surface area contributed by atoms with Gasteiger partial charge in [0.15, 0.2) is 0 Å². The predicted octanol–water partition coefficient (Wildman–Crippen LogP) is 3.80. The molecule has 92 valence electrons. The summed E-state index contributed by atoms with van der Waals surface area (Å²) in [6.45, 7) is 0. The standard InChI is InChI=1S/C14H12ClNO2/c1-18-14-7-6-11(8-12(14)15)16-9-10-4-2-3-5-13(10)17/h2-9,17H,1H3. The van der Waals surface area contributed by atoms with E-state index in [0.29, 0.717) is 22.0 Å². The number of hydrogen-bond donors (Lipinski definition) is 1. The first-order valence-corrected chi connectivity index (χ1v) is 5.74. The van der Waals surface area contributed by atoms with Crippen molar-refractivity contribution in [3.63, 3.8) is 0 Å². The van der Waals surface area contributed by atoms with Crippen LogP contribution in [0.15, 0.2) is 47.5 Å². The molecule has 3 nitrogen and oxygen atoms in total. The lowest BCUT2D eigenvalue weighted by Gasteiger charge is -2.03. The first-order valence-electron chi connectivity index (χ1n) is 5.36. The summed E-state index contributed by atoms with van der Waals surface area (Å²) in [7, 11) is 1.56. The Morgan fingerprint density at radius 3 is 2.67 bits per heavy atom. The number of halogens is 1. The number of para-hydroxylation sites is 1. The molecule has 1 N–H and O–H groups in total. The number of rotatable bonds is 3. The lowest BCUT2D eigenvalue weighted by molar-refractivity contribution is 0.415. The van der Waals surface area contributed by atoms with Crippen molar-refractivity contribution in [2.75, 3.05) is 7.11 Å². The maximum absolute atomic E-state index is 9.59. The summed E-state index contributed by atoms with van der Waals surface area (Å²) in [5.74, 6) is 0.805. The van der Waals surface area contributed by atoms with Gasteiger partial charge in [-0.15, -0.1) is 0 Å². The van der Waals surface area contributed by atoms with Gasteiger partial charge in [0.2, 0.25) is 0 Å². The number of ether oxygens (including phenoxy) is 1. The molecule has 0 fully saturated rings. The highest BCUT2D eigenvalue weighted by atomic mass is 35.5. The SMILES string of the molecule is COc1ccc(N=Cc2ccccc2O)cc1Cl. The summed E-state index contributed by atoms with van der Waals surface area (Å²) in [6.07, 6.45) is 1.59. The fraction of sp³-hybridized carbons (Fsp3) is 0.0714. The zero-order valence-corrected chi connectivity index (χ0v) is 10.6. The molecule has 0 aliphatic rings. The summed E-state index contributed by atoms with van der Waals surface area (Å²) in [5.41, 5.74) is 1.36. The normalized spacial score (nSPS) is 10.8. The topological polar surface area (TPSA) is 41.8 Å². The summed E-state index contributed by atoms with van der Waals surface area (Å²) < 4.78 is 5.06. The van der Waals surface area contributed by atoms with Crippen LogP contribution in [0, 0.1) is 0 Å². The van der Waals surface area contributed by atoms with Crippen molar-refractivity contribution in [3.8, 4) is 11.5 Å². The number of methoxy groups -OCH3 is 1. The molecule has 0 aromatic heterocycles. The molecule has 0 atom stereocenters. The van der Waals surface area contributed by atoms with Crippen LogP contribution in [0.4, 0.5) is 5.69 Å². The summed E-state index contributed by atoms with van der Waals surface area (Å²) >= 11 is 5.99. The van der Waals surface area contributed by atoms with Gasteiger partial charge in [0.05, 0.1) is 17.8 Å². The molecule has 0 unspecified atom stereocenters. The first kappa shape index (κ1) is 12.5. The number of aromatic hydroxyl groups is 1. The molecule has 2 aromatic rings. The minimum atomic E-state index is 0.195. The second-order valence-corrected chi connectivity index (χ2v) is 4.04. The second kappa shape index (κ2) is 5.56. The van der Waals surface area contributed by atoms with Crippen LogP contribution in [0.5, 0.6) is 11.5 Å². The van der Waals surface area contributed by atoms with Gasteiger partial charge in [0, 0.05) is 11.8 Å². The molecule has 0 aliphatic carbocycles. The first-order chi connectivity index (χ1) is 8.70. The van der Waals surface area contributed by atoms with Crippen molar-refractivity contribution in [1.82, 2.24) is 0 Å². The highest BCUT2D eigenvalue weighted by Gasteiger charge is 2.00. The van der Waals surface area contributed by atoms with Crippen LogP contribution < -0.4 is 4.74 Å². The minimum Gasteiger partial charge on any atom is -0.507 e. The molecule has 0 saturated heterocycles. The Balaban J connectivity index is 2.24. The van der Waals surface area contributed by atoms with Crippen LogP contribution in [0.1, 0.15) is 5.56 Å². The van der Waals surface area contributed by atoms with Crippen molar-refractivity contribution in [2.24, 2.45) is 4.99 Å². The van der Waals surface area contributed by atoms with Crippen LogP contribution in [0.2, 0.25) is 5.02 Å². The quantitative estimate of drug-likeness (QED) is 0.854. The fourth-order valence-electron chi connectivity index (χ4n) is 1.48. The maximum atomic E-state index is 9.59. The lowest BCUT2D eigenvalue weighted by Crippen LogP contribution is -1.83. The maximum Gasteiger partial charge on any atom is 0.137 e. The molecular weight excluding hydrogens is 250 g/mol. The van der Waals surface area contributed by atoms with Gasteiger partial charge < -0.3 is 9.84 Å². The van der Waals surface area contributed by atoms with Gasteiger partial charge in [-0.1, -0.05) is 23.7 Å². The van der Waals surface area contributed by atoms with Gasteiger partial charge in [-0.2, -0.15) is 0 Å². The van der Waals surface area contributed by atoms with Crippen LogP contribution in [-0.2, 0) is 0 Å². The Morgan fingerprint density at radius 1 is 1.22 bits per heavy atom. The van der Waals surface area contributed by atoms with E-state index in [1.807, 2.05) is 6.07 Å². The Hall–Kier alpha value is -2.00. The van der Waals surface area contributed by atoms with Crippen molar-refractivity contribution < 1.29 is 9.84 Å². The highest BCUT2D eigenvalue weighted by molar-refractivity contribution is 6.32. The van der Waals surface area contributed by atoms with Gasteiger partial charge >= 0.3 is 0 Å². The van der Waals surface area contributed by atoms with Crippen molar-refractivity contribution >= 4 is 23.5 Å². The Kier molecular flexibility index (Phi) is 3.85. The molecule has 2 rings (SSSR count). The van der Waals surface area contributed by atoms with E-state index in [-0.39, 0.29) is 5.75 Å². The van der Waals surface area contributed by atoms with Crippen LogP contribution >= 0.6 is 11.6 Å². The monoisotopic (exact) mass is 261 g/mol. The average Bonchev–Trinajstić information content (AvgIpc) is 2.38. The third-order valence-electron chi connectivity index (χ3n) is 2.42. The number of hydrogen-bond acceptors (Lipinski definition) is 3. The third-order valence-corrected chi connectivity index (χ3v) is 2.72. The number of phenolic OH excluding ortho intramolecular Hbond substituents is 1. The van der Waals surface area contributed by atoms with E-state index in [0.717, 1.165) is 0 Å². The molecule has 0 heterocycles. The molecule has 0 bridgehead atoms. The lowest BCUT2D eigenvalue weighted by atomic mass is 10.2. The minimum absolute atomic E-state index is 0.195. The number of aliphatic imine (C=N–C) groups is 1. The van der Waals surface area contributed by atoms with Gasteiger partial charge in [-0.3, -0.25) is 4.99 Å². The van der Waals surface area contributed by atoms with E-state index in [4.69, 9.17) is 16.3 Å². The summed E-state index contributed by atoms with van der Waals surface area (Å²) in [6, 6.07) is 12.2. The second-order valence-electron chi connectivity index (χ2n) is 3.64. The fourth-order valence-corrected chi connectivity index (χ4v) is 1.73. The number of nitrogens with zero attached hydrogens (tertiary/aromatic N) is 1. The summed E-state index contributed by atoms with van der Waals surface area (Å²) in [5, 5.41) is 10.1. The molecule has 0 aliphatic heterocycles. The van der Waals surface area contributed by atoms with Crippen molar-refractivity contribution in [3.05, 3.63) is 53.1 Å². The van der Waals surface area contributed by atoms with E-state index < -0.39 is 0 Å². The molecule has 0 amide bonds. The van der Waals surface area contributed by atoms with Gasteiger partial charge in [-0.25, -0.2) is 0 Å². The molecule has 0 spiro atoms. The van der Waals surface area contributed by atoms with Crippen LogP contribution in [-0.4, -0.2) is 18.4 Å². The van der Waals surface area contributed by atoms with E-state index in [9.17, 15) is 5.11 Å². The van der Waals surface area contributed by atoms with Gasteiger partial charge in [-0.05, 0) is 30.3 Å². The Labute approximate surface area is 110 Å². The molecule has 2 aromatic carbocycles. The zero-order valence-electron chi connectivity index (χ0n) is 9.80. The van der Waals surface area contributed by atoms with Crippen LogP contribution in [0.25, 0.3) is 0 Å². The molecule has 4 heteroatoms. The predicted molar refractivity (Wildman–Crippen MR) is 73.4 cm³/mol. The summed E-state index contributed by atoms with van der Waals surface area (Å²) in [4.78, 5) is 4.25. The largest absolute Gasteiger partial charge is 0.507 e. The Morgan fingerprint density at radius 2 is 2.00 bits per heavy atom. The zero-order chi connectivity index (χ0) is 13.0. The molecule has 0 radical (unpaired) electrons. The highest BCUT2D eigenvalue weighted by Crippen LogP contribution is 2.28. The average molecular weight is 262 g/mol. The third kappa shape index (κ3) is 2.81.